The van der Waals surface area contributed by atoms with Gasteiger partial charge in [0, 0.05) is 31.1 Å². The van der Waals surface area contributed by atoms with Crippen molar-refractivity contribution in [3.8, 4) is 0 Å². The van der Waals surface area contributed by atoms with Crippen molar-refractivity contribution in [2.24, 2.45) is 0 Å². The molecule has 1 N–H and O–H groups in total. The summed E-state index contributed by atoms with van der Waals surface area (Å²) >= 11 is 0. The lowest BCUT2D eigenvalue weighted by Gasteiger charge is -2.29. The first kappa shape index (κ1) is 18.4. The molecule has 2 aromatic rings. The number of anilines is 2. The number of benzene rings is 1. The Morgan fingerprint density at radius 3 is 2.58 bits per heavy atom. The number of aromatic nitrogens is 1. The molecule has 1 aliphatic rings. The Morgan fingerprint density at radius 1 is 1.15 bits per heavy atom. The second-order valence-electron chi connectivity index (χ2n) is 6.63. The number of piperidine rings is 1. The fraction of sp³-hybridized carbons (Fsp3) is 0.368. The van der Waals surface area contributed by atoms with E-state index in [0.717, 1.165) is 43.6 Å². The van der Waals surface area contributed by atoms with Crippen LogP contribution in [0.4, 0.5) is 11.5 Å². The zero-order valence-electron chi connectivity index (χ0n) is 15.0. The Morgan fingerprint density at radius 2 is 1.88 bits per heavy atom. The molecule has 0 unspecified atom stereocenters. The van der Waals surface area contributed by atoms with E-state index in [0.29, 0.717) is 11.3 Å². The van der Waals surface area contributed by atoms with Gasteiger partial charge in [-0.25, -0.2) is 13.4 Å². The highest BCUT2D eigenvalue weighted by Crippen LogP contribution is 2.27. The van der Waals surface area contributed by atoms with Gasteiger partial charge < -0.3 is 10.2 Å². The summed E-state index contributed by atoms with van der Waals surface area (Å²) in [6.07, 6.45) is 6.28. The predicted octanol–water partition coefficient (Wildman–Crippen LogP) is 3.04. The summed E-state index contributed by atoms with van der Waals surface area (Å²) in [4.78, 5) is 19.6. The Hall–Kier alpha value is -2.41. The molecule has 1 aliphatic heterocycles. The number of amides is 1. The third kappa shape index (κ3) is 4.04. The molecule has 0 radical (unpaired) electrons. The molecule has 6 nitrogen and oxygen atoms in total. The summed E-state index contributed by atoms with van der Waals surface area (Å²) in [5, 5.41) is 2.91. The highest BCUT2D eigenvalue weighted by molar-refractivity contribution is 7.90. The van der Waals surface area contributed by atoms with E-state index in [-0.39, 0.29) is 10.8 Å². The van der Waals surface area contributed by atoms with Gasteiger partial charge in [-0.1, -0.05) is 6.07 Å². The molecule has 0 atom stereocenters. The van der Waals surface area contributed by atoms with E-state index in [1.165, 1.54) is 18.6 Å². The van der Waals surface area contributed by atoms with Crippen molar-refractivity contribution in [3.63, 3.8) is 0 Å². The van der Waals surface area contributed by atoms with Crippen LogP contribution in [0.3, 0.4) is 0 Å². The number of aryl methyl sites for hydroxylation is 1. The number of rotatable bonds is 4. The van der Waals surface area contributed by atoms with Crippen LogP contribution in [-0.4, -0.2) is 38.7 Å². The first-order valence-corrected chi connectivity index (χ1v) is 10.6. The minimum atomic E-state index is -3.37. The maximum Gasteiger partial charge on any atom is 0.256 e. The van der Waals surface area contributed by atoms with Crippen molar-refractivity contribution in [2.75, 3.05) is 29.6 Å². The van der Waals surface area contributed by atoms with Crippen LogP contribution in [0.25, 0.3) is 0 Å². The molecule has 1 amide bonds. The third-order valence-electron chi connectivity index (χ3n) is 4.57. The summed E-state index contributed by atoms with van der Waals surface area (Å²) in [7, 11) is -3.37. The minimum absolute atomic E-state index is 0.135. The van der Waals surface area contributed by atoms with E-state index in [4.69, 9.17) is 0 Å². The normalized spacial score (nSPS) is 14.9. The molecule has 0 bridgehead atoms. The maximum atomic E-state index is 12.8. The Balaban J connectivity index is 1.89. The lowest BCUT2D eigenvalue weighted by Crippen LogP contribution is -2.31. The zero-order valence-corrected chi connectivity index (χ0v) is 15.8. The van der Waals surface area contributed by atoms with Crippen LogP contribution in [0.1, 0.15) is 35.2 Å². The van der Waals surface area contributed by atoms with Gasteiger partial charge in [-0.15, -0.1) is 0 Å². The second-order valence-corrected chi connectivity index (χ2v) is 8.64. The molecule has 0 saturated carbocycles. The zero-order chi connectivity index (χ0) is 18.7. The lowest BCUT2D eigenvalue weighted by atomic mass is 10.1. The first-order chi connectivity index (χ1) is 12.4. The molecule has 26 heavy (non-hydrogen) atoms. The monoisotopic (exact) mass is 373 g/mol. The van der Waals surface area contributed by atoms with Gasteiger partial charge in [0.15, 0.2) is 15.7 Å². The van der Waals surface area contributed by atoms with Crippen LogP contribution in [0.15, 0.2) is 41.4 Å². The van der Waals surface area contributed by atoms with Gasteiger partial charge >= 0.3 is 0 Å². The Bertz CT molecular complexity index is 919. The van der Waals surface area contributed by atoms with Crippen LogP contribution in [0.5, 0.6) is 0 Å². The molecule has 7 heteroatoms. The maximum absolute atomic E-state index is 12.8. The van der Waals surface area contributed by atoms with E-state index in [1.807, 2.05) is 6.07 Å². The highest BCUT2D eigenvalue weighted by atomic mass is 32.2. The molecular formula is C19H23N3O3S. The van der Waals surface area contributed by atoms with E-state index in [1.54, 1.807) is 25.3 Å². The van der Waals surface area contributed by atoms with Gasteiger partial charge in [-0.2, -0.15) is 0 Å². The smallest absolute Gasteiger partial charge is 0.256 e. The van der Waals surface area contributed by atoms with Crippen molar-refractivity contribution in [1.29, 1.82) is 0 Å². The van der Waals surface area contributed by atoms with E-state index >= 15 is 0 Å². The molecule has 1 saturated heterocycles. The van der Waals surface area contributed by atoms with Gasteiger partial charge in [0.25, 0.3) is 5.91 Å². The van der Waals surface area contributed by atoms with Crippen molar-refractivity contribution < 1.29 is 13.2 Å². The molecule has 1 fully saturated rings. The Labute approximate surface area is 154 Å². The number of nitrogens with zero attached hydrogens (tertiary/aromatic N) is 2. The van der Waals surface area contributed by atoms with Crippen molar-refractivity contribution in [1.82, 2.24) is 4.98 Å². The summed E-state index contributed by atoms with van der Waals surface area (Å²) in [5.74, 6) is 0.428. The average Bonchev–Trinajstić information content (AvgIpc) is 2.62. The summed E-state index contributed by atoms with van der Waals surface area (Å²) in [5.41, 5.74) is 1.71. The van der Waals surface area contributed by atoms with Crippen molar-refractivity contribution in [2.45, 2.75) is 31.1 Å². The number of hydrogen-bond acceptors (Lipinski definition) is 5. The number of carbonyl (C=O) groups excluding carboxylic acids is 1. The second kappa shape index (κ2) is 7.45. The molecular weight excluding hydrogens is 350 g/mol. The standard InChI is InChI=1S/C19H23N3O3S/c1-14-8-9-15(26(2,24)25)13-16(14)19(23)21-17-7-6-10-20-18(17)22-11-4-3-5-12-22/h6-10,13H,3-5,11-12H2,1-2H3,(H,21,23). The van der Waals surface area contributed by atoms with Crippen LogP contribution < -0.4 is 10.2 Å². The summed E-state index contributed by atoms with van der Waals surface area (Å²) in [6, 6.07) is 8.20. The SMILES string of the molecule is Cc1ccc(S(C)(=O)=O)cc1C(=O)Nc1cccnc1N1CCCCC1. The highest BCUT2D eigenvalue weighted by Gasteiger charge is 2.19. The van der Waals surface area contributed by atoms with Gasteiger partial charge in [0.05, 0.1) is 10.6 Å². The van der Waals surface area contributed by atoms with Gasteiger partial charge in [-0.3, -0.25) is 4.79 Å². The average molecular weight is 373 g/mol. The van der Waals surface area contributed by atoms with Gasteiger partial charge in [-0.05, 0) is 56.0 Å². The van der Waals surface area contributed by atoms with E-state index in [9.17, 15) is 13.2 Å². The van der Waals surface area contributed by atoms with Crippen molar-refractivity contribution >= 4 is 27.2 Å². The first-order valence-electron chi connectivity index (χ1n) is 8.68. The minimum Gasteiger partial charge on any atom is -0.355 e. The van der Waals surface area contributed by atoms with E-state index < -0.39 is 9.84 Å². The molecule has 3 rings (SSSR count). The van der Waals surface area contributed by atoms with Gasteiger partial charge in [0.2, 0.25) is 0 Å². The summed E-state index contributed by atoms with van der Waals surface area (Å²) < 4.78 is 23.6. The fourth-order valence-corrected chi connectivity index (χ4v) is 3.77. The van der Waals surface area contributed by atoms with Gasteiger partial charge in [0.1, 0.15) is 0 Å². The van der Waals surface area contributed by atoms with Crippen LogP contribution >= 0.6 is 0 Å². The predicted molar refractivity (Wildman–Crippen MR) is 103 cm³/mol. The molecule has 1 aromatic heterocycles. The number of carbonyl (C=O) groups is 1. The number of pyridine rings is 1. The summed E-state index contributed by atoms with van der Waals surface area (Å²) in [6.45, 7) is 3.63. The molecule has 0 spiro atoms. The quantitative estimate of drug-likeness (QED) is 0.891. The largest absolute Gasteiger partial charge is 0.355 e. The lowest BCUT2D eigenvalue weighted by molar-refractivity contribution is 0.102. The fourth-order valence-electron chi connectivity index (χ4n) is 3.12. The molecule has 0 aliphatic carbocycles. The number of sulfone groups is 1. The number of hydrogen-bond donors (Lipinski definition) is 1. The molecule has 138 valence electrons. The molecule has 1 aromatic carbocycles. The number of nitrogens with one attached hydrogen (secondary N) is 1. The third-order valence-corrected chi connectivity index (χ3v) is 5.68. The van der Waals surface area contributed by atoms with Crippen molar-refractivity contribution in [3.05, 3.63) is 47.7 Å². The van der Waals surface area contributed by atoms with Crippen LogP contribution in [-0.2, 0) is 9.84 Å². The van der Waals surface area contributed by atoms with E-state index in [2.05, 4.69) is 15.2 Å². The van der Waals surface area contributed by atoms with Crippen LogP contribution in [0.2, 0.25) is 0 Å². The van der Waals surface area contributed by atoms with Crippen LogP contribution in [0, 0.1) is 6.92 Å². The Kier molecular flexibility index (Phi) is 5.27. The topological polar surface area (TPSA) is 79.4 Å². The molecule has 2 heterocycles.